The zero-order chi connectivity index (χ0) is 21.8. The normalized spacial score (nSPS) is 17.5. The fourth-order valence-electron chi connectivity index (χ4n) is 4.66. The molecular weight excluding hydrogens is 393 g/mol. The number of fused-ring (bicyclic) bond motifs is 1. The molecule has 1 N–H and O–H groups in total. The van der Waals surface area contributed by atoms with Gasteiger partial charge < -0.3 is 15.1 Å². The van der Waals surface area contributed by atoms with Crippen LogP contribution in [-0.2, 0) is 11.2 Å². The van der Waals surface area contributed by atoms with Crippen molar-refractivity contribution in [1.82, 2.24) is 4.90 Å². The SMILES string of the molecule is CC(C(=O)N1CCCCCC1)N1CCCc2c(NC(=O)c3ccc(F)cc3)cccc21. The van der Waals surface area contributed by atoms with E-state index in [2.05, 4.69) is 10.2 Å². The molecule has 1 saturated heterocycles. The zero-order valence-electron chi connectivity index (χ0n) is 18.1. The fraction of sp³-hybridized carbons (Fsp3) is 0.440. The highest BCUT2D eigenvalue weighted by Gasteiger charge is 2.30. The molecule has 0 spiro atoms. The number of halogens is 1. The first-order valence-electron chi connectivity index (χ1n) is 11.3. The molecule has 2 aromatic carbocycles. The monoisotopic (exact) mass is 423 g/mol. The van der Waals surface area contributed by atoms with Gasteiger partial charge in [-0.1, -0.05) is 18.9 Å². The van der Waals surface area contributed by atoms with Gasteiger partial charge in [-0.25, -0.2) is 4.39 Å². The van der Waals surface area contributed by atoms with Crippen LogP contribution in [0.4, 0.5) is 15.8 Å². The van der Waals surface area contributed by atoms with Crippen molar-refractivity contribution < 1.29 is 14.0 Å². The van der Waals surface area contributed by atoms with E-state index in [1.165, 1.54) is 37.1 Å². The summed E-state index contributed by atoms with van der Waals surface area (Å²) < 4.78 is 13.2. The molecule has 0 aromatic heterocycles. The van der Waals surface area contributed by atoms with E-state index >= 15 is 0 Å². The first-order chi connectivity index (χ1) is 15.0. The molecular formula is C25H30FN3O2. The second kappa shape index (κ2) is 9.50. The van der Waals surface area contributed by atoms with E-state index in [1.807, 2.05) is 30.0 Å². The van der Waals surface area contributed by atoms with Crippen LogP contribution >= 0.6 is 0 Å². The molecule has 1 unspecified atom stereocenters. The van der Waals surface area contributed by atoms with E-state index in [0.717, 1.165) is 62.3 Å². The van der Waals surface area contributed by atoms with Crippen LogP contribution in [0.5, 0.6) is 0 Å². The van der Waals surface area contributed by atoms with E-state index in [-0.39, 0.29) is 23.7 Å². The van der Waals surface area contributed by atoms with Gasteiger partial charge in [0.2, 0.25) is 5.91 Å². The summed E-state index contributed by atoms with van der Waals surface area (Å²) in [5.41, 5.74) is 3.24. The van der Waals surface area contributed by atoms with Gasteiger partial charge in [0, 0.05) is 36.6 Å². The lowest BCUT2D eigenvalue weighted by Gasteiger charge is -2.38. The summed E-state index contributed by atoms with van der Waals surface area (Å²) in [6, 6.07) is 11.1. The predicted octanol–water partition coefficient (Wildman–Crippen LogP) is 4.62. The number of carbonyl (C=O) groups excluding carboxylic acids is 2. The summed E-state index contributed by atoms with van der Waals surface area (Å²) in [6.45, 7) is 4.50. The Hall–Kier alpha value is -2.89. The van der Waals surface area contributed by atoms with Crippen LogP contribution in [0.2, 0.25) is 0 Å². The molecule has 1 atom stereocenters. The molecule has 4 rings (SSSR count). The average molecular weight is 424 g/mol. The summed E-state index contributed by atoms with van der Waals surface area (Å²) in [6.07, 6.45) is 6.32. The third kappa shape index (κ3) is 4.73. The highest BCUT2D eigenvalue weighted by atomic mass is 19.1. The first kappa shape index (κ1) is 21.3. The van der Waals surface area contributed by atoms with Gasteiger partial charge in [-0.3, -0.25) is 9.59 Å². The molecule has 2 aliphatic rings. The van der Waals surface area contributed by atoms with E-state index < -0.39 is 0 Å². The number of rotatable bonds is 4. The number of amides is 2. The smallest absolute Gasteiger partial charge is 0.255 e. The van der Waals surface area contributed by atoms with Crippen LogP contribution in [0.3, 0.4) is 0 Å². The Morgan fingerprint density at radius 3 is 2.35 bits per heavy atom. The van der Waals surface area contributed by atoms with Crippen molar-refractivity contribution in [2.45, 2.75) is 51.5 Å². The third-order valence-electron chi connectivity index (χ3n) is 6.38. The van der Waals surface area contributed by atoms with Gasteiger partial charge in [0.15, 0.2) is 0 Å². The largest absolute Gasteiger partial charge is 0.359 e. The number of carbonyl (C=O) groups is 2. The minimum absolute atomic E-state index is 0.190. The standard InChI is InChI=1S/C25H30FN3O2/c1-18(25(31)28-15-4-2-3-5-16-28)29-17-7-8-21-22(9-6-10-23(21)29)27-24(30)19-11-13-20(26)14-12-19/h6,9-14,18H,2-5,7-8,15-17H2,1H3,(H,27,30). The molecule has 31 heavy (non-hydrogen) atoms. The molecule has 0 saturated carbocycles. The number of hydrogen-bond acceptors (Lipinski definition) is 3. The number of anilines is 2. The number of likely N-dealkylation sites (tertiary alicyclic amines) is 1. The van der Waals surface area contributed by atoms with Gasteiger partial charge in [-0.15, -0.1) is 0 Å². The molecule has 2 heterocycles. The molecule has 0 aliphatic carbocycles. The highest BCUT2D eigenvalue weighted by Crippen LogP contribution is 2.34. The maximum Gasteiger partial charge on any atom is 0.255 e. The van der Waals surface area contributed by atoms with Crippen LogP contribution in [0.1, 0.15) is 54.9 Å². The fourth-order valence-corrected chi connectivity index (χ4v) is 4.66. The molecule has 6 heteroatoms. The molecule has 0 bridgehead atoms. The molecule has 0 radical (unpaired) electrons. The van der Waals surface area contributed by atoms with E-state index in [0.29, 0.717) is 5.56 Å². The Bertz CT molecular complexity index is 936. The Balaban J connectivity index is 1.54. The summed E-state index contributed by atoms with van der Waals surface area (Å²) in [4.78, 5) is 30.1. The summed E-state index contributed by atoms with van der Waals surface area (Å²) in [5, 5.41) is 2.98. The lowest BCUT2D eigenvalue weighted by atomic mass is 9.97. The van der Waals surface area contributed by atoms with E-state index in [4.69, 9.17) is 0 Å². The van der Waals surface area contributed by atoms with Crippen molar-refractivity contribution in [3.05, 3.63) is 59.4 Å². The lowest BCUT2D eigenvalue weighted by molar-refractivity contribution is -0.132. The topological polar surface area (TPSA) is 52.7 Å². The predicted molar refractivity (Wildman–Crippen MR) is 121 cm³/mol. The van der Waals surface area contributed by atoms with Crippen LogP contribution in [0.25, 0.3) is 0 Å². The van der Waals surface area contributed by atoms with Crippen LogP contribution in [0.15, 0.2) is 42.5 Å². The number of hydrogen-bond donors (Lipinski definition) is 1. The Kier molecular flexibility index (Phi) is 6.54. The average Bonchev–Trinajstić information content (AvgIpc) is 3.08. The van der Waals surface area contributed by atoms with E-state index in [1.54, 1.807) is 0 Å². The number of benzene rings is 2. The van der Waals surface area contributed by atoms with Crippen molar-refractivity contribution in [3.8, 4) is 0 Å². The quantitative estimate of drug-likeness (QED) is 0.781. The van der Waals surface area contributed by atoms with Gasteiger partial charge in [-0.05, 0) is 74.6 Å². The minimum atomic E-state index is -0.368. The lowest BCUT2D eigenvalue weighted by Crippen LogP contribution is -2.49. The van der Waals surface area contributed by atoms with Gasteiger partial charge in [0.25, 0.3) is 5.91 Å². The van der Waals surface area contributed by atoms with Crippen LogP contribution in [0, 0.1) is 5.82 Å². The Morgan fingerprint density at radius 1 is 0.935 bits per heavy atom. The first-order valence-corrected chi connectivity index (χ1v) is 11.3. The number of nitrogens with one attached hydrogen (secondary N) is 1. The third-order valence-corrected chi connectivity index (χ3v) is 6.38. The van der Waals surface area contributed by atoms with Crippen molar-refractivity contribution in [3.63, 3.8) is 0 Å². The second-order valence-corrected chi connectivity index (χ2v) is 8.48. The van der Waals surface area contributed by atoms with Crippen molar-refractivity contribution in [2.75, 3.05) is 29.9 Å². The molecule has 2 amide bonds. The maximum absolute atomic E-state index is 13.2. The molecule has 164 valence electrons. The summed E-state index contributed by atoms with van der Waals surface area (Å²) >= 11 is 0. The summed E-state index contributed by atoms with van der Waals surface area (Å²) in [5.74, 6) is -0.443. The molecule has 5 nitrogen and oxygen atoms in total. The van der Waals surface area contributed by atoms with Gasteiger partial charge in [0.05, 0.1) is 0 Å². The van der Waals surface area contributed by atoms with Crippen molar-refractivity contribution in [1.29, 1.82) is 0 Å². The minimum Gasteiger partial charge on any atom is -0.359 e. The Morgan fingerprint density at radius 2 is 1.65 bits per heavy atom. The van der Waals surface area contributed by atoms with Crippen molar-refractivity contribution >= 4 is 23.2 Å². The molecule has 2 aliphatic heterocycles. The molecule has 2 aromatic rings. The maximum atomic E-state index is 13.2. The van der Waals surface area contributed by atoms with E-state index in [9.17, 15) is 14.0 Å². The van der Waals surface area contributed by atoms with Crippen LogP contribution in [-0.4, -0.2) is 42.4 Å². The van der Waals surface area contributed by atoms with Crippen molar-refractivity contribution in [2.24, 2.45) is 0 Å². The highest BCUT2D eigenvalue weighted by molar-refractivity contribution is 6.05. The zero-order valence-corrected chi connectivity index (χ0v) is 18.1. The second-order valence-electron chi connectivity index (χ2n) is 8.48. The molecule has 1 fully saturated rings. The van der Waals surface area contributed by atoms with Gasteiger partial charge >= 0.3 is 0 Å². The number of nitrogens with zero attached hydrogens (tertiary/aromatic N) is 2. The summed E-state index contributed by atoms with van der Waals surface area (Å²) in [7, 11) is 0. The van der Waals surface area contributed by atoms with Gasteiger partial charge in [-0.2, -0.15) is 0 Å². The van der Waals surface area contributed by atoms with Gasteiger partial charge in [0.1, 0.15) is 11.9 Å². The van der Waals surface area contributed by atoms with Crippen LogP contribution < -0.4 is 10.2 Å². The Labute approximate surface area is 183 Å².